The van der Waals surface area contributed by atoms with Gasteiger partial charge in [0.25, 0.3) is 0 Å². The van der Waals surface area contributed by atoms with Crippen molar-refractivity contribution < 1.29 is 4.74 Å². The normalized spacial score (nSPS) is 29.4. The van der Waals surface area contributed by atoms with Crippen LogP contribution in [-0.4, -0.2) is 55.6 Å². The molecule has 5 heteroatoms. The highest BCUT2D eigenvalue weighted by atomic mass is 16.5. The maximum atomic E-state index is 5.75. The molecule has 1 atom stereocenters. The Bertz CT molecular complexity index is 334. The van der Waals surface area contributed by atoms with Crippen LogP contribution >= 0.6 is 0 Å². The largest absolute Gasteiger partial charge is 0.480 e. The SMILES string of the molecule is CC(C)COC1=NC=N[C@@](C)(N2CCNCC2)C1. The van der Waals surface area contributed by atoms with Crippen molar-refractivity contribution in [1.82, 2.24) is 10.2 Å². The Morgan fingerprint density at radius 3 is 2.83 bits per heavy atom. The lowest BCUT2D eigenvalue weighted by Gasteiger charge is -2.41. The third-order valence-electron chi connectivity index (χ3n) is 3.41. The second-order valence-corrected chi connectivity index (χ2v) is 5.60. The number of hydrogen-bond donors (Lipinski definition) is 1. The Hall–Kier alpha value is -0.940. The molecule has 0 bridgehead atoms. The van der Waals surface area contributed by atoms with Crippen molar-refractivity contribution in [3.8, 4) is 0 Å². The molecule has 0 aromatic rings. The first-order valence-electron chi connectivity index (χ1n) is 6.79. The molecular formula is C13H24N4O. The van der Waals surface area contributed by atoms with Gasteiger partial charge in [-0.1, -0.05) is 13.8 Å². The molecule has 2 rings (SSSR count). The lowest BCUT2D eigenvalue weighted by atomic mass is 10.0. The maximum absolute atomic E-state index is 5.75. The van der Waals surface area contributed by atoms with Gasteiger partial charge in [0, 0.05) is 26.2 Å². The van der Waals surface area contributed by atoms with Crippen LogP contribution in [0.2, 0.25) is 0 Å². The van der Waals surface area contributed by atoms with Crippen molar-refractivity contribution in [2.45, 2.75) is 32.9 Å². The van der Waals surface area contributed by atoms with Crippen molar-refractivity contribution in [1.29, 1.82) is 0 Å². The monoisotopic (exact) mass is 252 g/mol. The first-order chi connectivity index (χ1) is 8.60. The smallest absolute Gasteiger partial charge is 0.193 e. The van der Waals surface area contributed by atoms with E-state index >= 15 is 0 Å². The Morgan fingerprint density at radius 2 is 2.17 bits per heavy atom. The molecule has 102 valence electrons. The van der Waals surface area contributed by atoms with E-state index in [1.165, 1.54) is 0 Å². The van der Waals surface area contributed by atoms with Crippen LogP contribution in [0.15, 0.2) is 9.98 Å². The van der Waals surface area contributed by atoms with Gasteiger partial charge in [-0.2, -0.15) is 0 Å². The van der Waals surface area contributed by atoms with Crippen molar-refractivity contribution in [3.63, 3.8) is 0 Å². The van der Waals surface area contributed by atoms with Crippen LogP contribution in [0.5, 0.6) is 0 Å². The minimum atomic E-state index is -0.184. The van der Waals surface area contributed by atoms with Crippen molar-refractivity contribution in [2.24, 2.45) is 15.9 Å². The highest BCUT2D eigenvalue weighted by molar-refractivity contribution is 5.87. The standard InChI is InChI=1S/C13H24N4O/c1-11(2)9-18-12-8-13(3,16-10-15-12)17-6-4-14-5-7-17/h10-11,14H,4-9H2,1-3H3/t13-/m0/s1. The van der Waals surface area contributed by atoms with Crippen LogP contribution < -0.4 is 5.32 Å². The van der Waals surface area contributed by atoms with E-state index in [0.717, 1.165) is 45.1 Å². The Balaban J connectivity index is 1.95. The molecule has 0 unspecified atom stereocenters. The molecule has 1 saturated heterocycles. The summed E-state index contributed by atoms with van der Waals surface area (Å²) in [6.45, 7) is 11.3. The van der Waals surface area contributed by atoms with E-state index in [2.05, 4.69) is 41.0 Å². The summed E-state index contributed by atoms with van der Waals surface area (Å²) in [4.78, 5) is 11.2. The zero-order valence-electron chi connectivity index (χ0n) is 11.6. The zero-order chi connectivity index (χ0) is 13.0. The number of ether oxygens (including phenoxy) is 1. The van der Waals surface area contributed by atoms with Crippen molar-refractivity contribution >= 4 is 12.2 Å². The van der Waals surface area contributed by atoms with Gasteiger partial charge in [-0.25, -0.2) is 4.99 Å². The van der Waals surface area contributed by atoms with Gasteiger partial charge in [-0.05, 0) is 12.8 Å². The summed E-state index contributed by atoms with van der Waals surface area (Å²) in [7, 11) is 0. The van der Waals surface area contributed by atoms with Crippen LogP contribution in [0.4, 0.5) is 0 Å². The van der Waals surface area contributed by atoms with E-state index in [1.54, 1.807) is 6.34 Å². The molecule has 18 heavy (non-hydrogen) atoms. The highest BCUT2D eigenvalue weighted by Crippen LogP contribution is 2.25. The molecule has 1 N–H and O–H groups in total. The first kappa shape index (κ1) is 13.5. The van der Waals surface area contributed by atoms with Gasteiger partial charge in [0.15, 0.2) is 5.90 Å². The van der Waals surface area contributed by atoms with E-state index in [-0.39, 0.29) is 5.66 Å². The minimum absolute atomic E-state index is 0.184. The van der Waals surface area contributed by atoms with Crippen LogP contribution in [0.1, 0.15) is 27.2 Å². The summed E-state index contributed by atoms with van der Waals surface area (Å²) in [6.07, 6.45) is 2.43. The van der Waals surface area contributed by atoms with Gasteiger partial charge in [-0.15, -0.1) is 0 Å². The fourth-order valence-electron chi connectivity index (χ4n) is 2.29. The Labute approximate surface area is 109 Å². The molecule has 2 aliphatic rings. The summed E-state index contributed by atoms with van der Waals surface area (Å²) in [5, 5.41) is 3.37. The van der Waals surface area contributed by atoms with Crippen molar-refractivity contribution in [3.05, 3.63) is 0 Å². The van der Waals surface area contributed by atoms with Gasteiger partial charge in [0.2, 0.25) is 0 Å². The van der Waals surface area contributed by atoms with E-state index in [9.17, 15) is 0 Å². The highest BCUT2D eigenvalue weighted by Gasteiger charge is 2.35. The molecule has 2 aliphatic heterocycles. The van der Waals surface area contributed by atoms with Crippen LogP contribution in [0.3, 0.4) is 0 Å². The number of aliphatic imine (C=N–C) groups is 2. The van der Waals surface area contributed by atoms with Gasteiger partial charge < -0.3 is 10.1 Å². The number of nitrogens with one attached hydrogen (secondary N) is 1. The first-order valence-corrected chi connectivity index (χ1v) is 6.79. The summed E-state index contributed by atoms with van der Waals surface area (Å²) in [5.41, 5.74) is -0.184. The van der Waals surface area contributed by atoms with Gasteiger partial charge >= 0.3 is 0 Å². The average Bonchev–Trinajstić information content (AvgIpc) is 2.38. The fraction of sp³-hybridized carbons (Fsp3) is 0.846. The molecule has 2 heterocycles. The molecule has 5 nitrogen and oxygen atoms in total. The maximum Gasteiger partial charge on any atom is 0.193 e. The lowest BCUT2D eigenvalue weighted by molar-refractivity contribution is 0.0926. The summed E-state index contributed by atoms with van der Waals surface area (Å²) in [6, 6.07) is 0. The lowest BCUT2D eigenvalue weighted by Crippen LogP contribution is -2.55. The molecule has 0 saturated carbocycles. The zero-order valence-corrected chi connectivity index (χ0v) is 11.6. The molecule has 0 amide bonds. The second kappa shape index (κ2) is 5.80. The van der Waals surface area contributed by atoms with Crippen molar-refractivity contribution in [2.75, 3.05) is 32.8 Å². The second-order valence-electron chi connectivity index (χ2n) is 5.60. The predicted octanol–water partition coefficient (Wildman–Crippen LogP) is 1.11. The Morgan fingerprint density at radius 1 is 1.44 bits per heavy atom. The molecular weight excluding hydrogens is 228 g/mol. The third kappa shape index (κ3) is 3.29. The van der Waals surface area contributed by atoms with Crippen LogP contribution in [-0.2, 0) is 4.74 Å². The number of piperazine rings is 1. The molecule has 0 aliphatic carbocycles. The summed E-state index contributed by atoms with van der Waals surface area (Å²) in [5.74, 6) is 1.34. The van der Waals surface area contributed by atoms with E-state index in [4.69, 9.17) is 4.74 Å². The van der Waals surface area contributed by atoms with E-state index < -0.39 is 0 Å². The molecule has 0 aromatic heterocycles. The van der Waals surface area contributed by atoms with Gasteiger partial charge in [0.05, 0.1) is 13.0 Å². The molecule has 0 radical (unpaired) electrons. The topological polar surface area (TPSA) is 49.2 Å². The van der Waals surface area contributed by atoms with Crippen LogP contribution in [0, 0.1) is 5.92 Å². The number of nitrogens with zero attached hydrogens (tertiary/aromatic N) is 3. The Kier molecular flexibility index (Phi) is 4.35. The van der Waals surface area contributed by atoms with E-state index in [1.807, 2.05) is 0 Å². The van der Waals surface area contributed by atoms with E-state index in [0.29, 0.717) is 5.92 Å². The summed E-state index contributed by atoms with van der Waals surface area (Å²) >= 11 is 0. The predicted molar refractivity (Wildman–Crippen MR) is 74.2 cm³/mol. The van der Waals surface area contributed by atoms with Gasteiger partial charge in [0.1, 0.15) is 12.0 Å². The molecule has 1 fully saturated rings. The molecule has 0 spiro atoms. The van der Waals surface area contributed by atoms with Gasteiger partial charge in [-0.3, -0.25) is 9.89 Å². The quantitative estimate of drug-likeness (QED) is 0.818. The molecule has 0 aromatic carbocycles. The number of hydrogen-bond acceptors (Lipinski definition) is 5. The third-order valence-corrected chi connectivity index (χ3v) is 3.41. The minimum Gasteiger partial charge on any atom is -0.480 e. The fourth-order valence-corrected chi connectivity index (χ4v) is 2.29. The summed E-state index contributed by atoms with van der Waals surface area (Å²) < 4.78 is 5.75. The number of rotatable bonds is 3. The van der Waals surface area contributed by atoms with Crippen LogP contribution in [0.25, 0.3) is 0 Å². The average molecular weight is 252 g/mol.